The van der Waals surface area contributed by atoms with Crippen LogP contribution < -0.4 is 0 Å². The van der Waals surface area contributed by atoms with Gasteiger partial charge in [0.25, 0.3) is 0 Å². The predicted octanol–water partition coefficient (Wildman–Crippen LogP) is 3.62. The van der Waals surface area contributed by atoms with E-state index in [0.717, 1.165) is 21.9 Å². The second-order valence-electron chi connectivity index (χ2n) is 3.31. The number of imidazole rings is 1. The first-order chi connectivity index (χ1) is 7.98. The van der Waals surface area contributed by atoms with E-state index in [0.29, 0.717) is 10.3 Å². The van der Waals surface area contributed by atoms with Crippen molar-refractivity contribution in [1.29, 1.82) is 0 Å². The molecule has 3 rings (SSSR count). The highest BCUT2D eigenvalue weighted by molar-refractivity contribution is 7.16. The van der Waals surface area contributed by atoms with Gasteiger partial charge < -0.3 is 0 Å². The Kier molecular flexibility index (Phi) is 2.11. The molecule has 0 amide bonds. The maximum absolute atomic E-state index is 12.8. The van der Waals surface area contributed by atoms with Crippen LogP contribution in [-0.4, -0.2) is 14.4 Å². The second-order valence-corrected chi connectivity index (χ2v) is 4.57. The van der Waals surface area contributed by atoms with Crippen LogP contribution in [0.5, 0.6) is 0 Å². The van der Waals surface area contributed by atoms with Gasteiger partial charge in [0.05, 0.1) is 6.20 Å². The summed E-state index contributed by atoms with van der Waals surface area (Å²) in [6, 6.07) is 1.62. The fraction of sp³-hybridized carbons (Fsp3) is 0.111. The van der Waals surface area contributed by atoms with Gasteiger partial charge in [-0.1, -0.05) is 11.6 Å². The van der Waals surface area contributed by atoms with Crippen molar-refractivity contribution in [3.63, 3.8) is 0 Å². The predicted molar refractivity (Wildman–Crippen MR) is 58.4 cm³/mol. The van der Waals surface area contributed by atoms with E-state index in [1.54, 1.807) is 11.4 Å². The standard InChI is InChI=1S/C9H3ClF3N3S/c10-6-7-14-3-5(9(11,12)13)16(7)8-4(15-6)1-2-17-8/h1-3H. The number of fused-ring (bicyclic) bond motifs is 3. The van der Waals surface area contributed by atoms with Crippen molar-refractivity contribution >= 4 is 38.9 Å². The molecule has 0 saturated heterocycles. The fourth-order valence-corrected chi connectivity index (χ4v) is 2.68. The van der Waals surface area contributed by atoms with Crippen LogP contribution in [0.3, 0.4) is 0 Å². The molecule has 0 N–H and O–H groups in total. The lowest BCUT2D eigenvalue weighted by molar-refractivity contribution is -0.141. The summed E-state index contributed by atoms with van der Waals surface area (Å²) in [7, 11) is 0. The molecule has 3 aromatic rings. The van der Waals surface area contributed by atoms with Crippen molar-refractivity contribution in [1.82, 2.24) is 14.4 Å². The number of hydrogen-bond acceptors (Lipinski definition) is 3. The summed E-state index contributed by atoms with van der Waals surface area (Å²) in [6.45, 7) is 0. The molecule has 8 heteroatoms. The molecule has 0 aliphatic rings. The highest BCUT2D eigenvalue weighted by Gasteiger charge is 2.35. The lowest BCUT2D eigenvalue weighted by Gasteiger charge is -2.06. The van der Waals surface area contributed by atoms with Crippen LogP contribution in [0.4, 0.5) is 13.2 Å². The normalized spacial score (nSPS) is 12.7. The molecule has 0 saturated carbocycles. The van der Waals surface area contributed by atoms with Gasteiger partial charge in [0, 0.05) is 0 Å². The molecule has 88 valence electrons. The van der Waals surface area contributed by atoms with Gasteiger partial charge in [-0.15, -0.1) is 11.3 Å². The van der Waals surface area contributed by atoms with Gasteiger partial charge in [0.2, 0.25) is 0 Å². The molecule has 0 aliphatic carbocycles. The average Bonchev–Trinajstić information content (AvgIpc) is 2.78. The van der Waals surface area contributed by atoms with Crippen molar-refractivity contribution in [3.8, 4) is 0 Å². The van der Waals surface area contributed by atoms with Gasteiger partial charge in [-0.05, 0) is 11.4 Å². The second kappa shape index (κ2) is 3.33. The number of aromatic nitrogens is 3. The quantitative estimate of drug-likeness (QED) is 0.628. The van der Waals surface area contributed by atoms with E-state index < -0.39 is 11.9 Å². The van der Waals surface area contributed by atoms with Crippen LogP contribution in [0.15, 0.2) is 17.6 Å². The van der Waals surface area contributed by atoms with Crippen LogP contribution >= 0.6 is 22.9 Å². The molecule has 0 atom stereocenters. The third-order valence-electron chi connectivity index (χ3n) is 2.28. The van der Waals surface area contributed by atoms with E-state index in [1.807, 2.05) is 0 Å². The molecule has 3 aromatic heterocycles. The Labute approximate surface area is 101 Å². The van der Waals surface area contributed by atoms with Gasteiger partial charge in [-0.25, -0.2) is 9.97 Å². The van der Waals surface area contributed by atoms with E-state index in [1.165, 1.54) is 0 Å². The molecule has 0 aliphatic heterocycles. The van der Waals surface area contributed by atoms with E-state index >= 15 is 0 Å². The van der Waals surface area contributed by atoms with Gasteiger partial charge in [-0.3, -0.25) is 4.40 Å². The van der Waals surface area contributed by atoms with Gasteiger partial charge in [-0.2, -0.15) is 13.2 Å². The van der Waals surface area contributed by atoms with Crippen molar-refractivity contribution in [2.75, 3.05) is 0 Å². The van der Waals surface area contributed by atoms with Crippen LogP contribution in [0.25, 0.3) is 16.0 Å². The maximum atomic E-state index is 12.8. The van der Waals surface area contributed by atoms with E-state index in [-0.39, 0.29) is 10.8 Å². The Hall–Kier alpha value is -1.34. The van der Waals surface area contributed by atoms with Crippen molar-refractivity contribution < 1.29 is 13.2 Å². The minimum atomic E-state index is -4.47. The summed E-state index contributed by atoms with van der Waals surface area (Å²) in [5.74, 6) is 0. The number of alkyl halides is 3. The van der Waals surface area contributed by atoms with Crippen LogP contribution in [0, 0.1) is 0 Å². The maximum Gasteiger partial charge on any atom is 0.433 e. The van der Waals surface area contributed by atoms with E-state index in [4.69, 9.17) is 11.6 Å². The van der Waals surface area contributed by atoms with Gasteiger partial charge in [0.15, 0.2) is 10.8 Å². The zero-order valence-corrected chi connectivity index (χ0v) is 9.57. The molecule has 0 aromatic carbocycles. The third kappa shape index (κ3) is 1.49. The van der Waals surface area contributed by atoms with Crippen molar-refractivity contribution in [3.05, 3.63) is 28.5 Å². The topological polar surface area (TPSA) is 30.2 Å². The lowest BCUT2D eigenvalue weighted by atomic mass is 10.4. The third-order valence-corrected chi connectivity index (χ3v) is 3.42. The molecular weight excluding hydrogens is 275 g/mol. The smallest absolute Gasteiger partial charge is 0.275 e. The summed E-state index contributed by atoms with van der Waals surface area (Å²) >= 11 is 6.96. The number of rotatable bonds is 0. The van der Waals surface area contributed by atoms with Crippen LogP contribution in [0.1, 0.15) is 5.69 Å². The number of nitrogens with zero attached hydrogens (tertiary/aromatic N) is 3. The summed E-state index contributed by atoms with van der Waals surface area (Å²) in [6.07, 6.45) is -3.71. The summed E-state index contributed by atoms with van der Waals surface area (Å²) < 4.78 is 39.4. The highest BCUT2D eigenvalue weighted by Crippen LogP contribution is 2.34. The number of halogens is 4. The molecule has 0 radical (unpaired) electrons. The zero-order valence-electron chi connectivity index (χ0n) is 7.99. The summed E-state index contributed by atoms with van der Waals surface area (Å²) in [4.78, 5) is 8.04. The monoisotopic (exact) mass is 277 g/mol. The molecule has 3 heterocycles. The molecule has 0 unspecified atom stereocenters. The lowest BCUT2D eigenvalue weighted by Crippen LogP contribution is -2.09. The molecule has 0 fully saturated rings. The van der Waals surface area contributed by atoms with Crippen LogP contribution in [-0.2, 0) is 6.18 Å². The Balaban J connectivity index is 2.55. The Morgan fingerprint density at radius 1 is 1.35 bits per heavy atom. The highest BCUT2D eigenvalue weighted by atomic mass is 35.5. The summed E-state index contributed by atoms with van der Waals surface area (Å²) in [5.41, 5.74) is -0.394. The Bertz CT molecular complexity index is 715. The van der Waals surface area contributed by atoms with E-state index in [2.05, 4.69) is 9.97 Å². The van der Waals surface area contributed by atoms with Gasteiger partial charge >= 0.3 is 6.18 Å². The minimum absolute atomic E-state index is 0.0222. The Morgan fingerprint density at radius 3 is 2.82 bits per heavy atom. The molecule has 0 bridgehead atoms. The fourth-order valence-electron chi connectivity index (χ4n) is 1.61. The van der Waals surface area contributed by atoms with Crippen molar-refractivity contribution in [2.45, 2.75) is 6.18 Å². The van der Waals surface area contributed by atoms with Crippen molar-refractivity contribution in [2.24, 2.45) is 0 Å². The minimum Gasteiger partial charge on any atom is -0.275 e. The first-order valence-electron chi connectivity index (χ1n) is 4.46. The van der Waals surface area contributed by atoms with E-state index in [9.17, 15) is 13.2 Å². The molecule has 17 heavy (non-hydrogen) atoms. The number of hydrogen-bond donors (Lipinski definition) is 0. The Morgan fingerprint density at radius 2 is 2.12 bits per heavy atom. The SMILES string of the molecule is FC(F)(F)c1cnc2c(Cl)nc3ccsc3n12. The average molecular weight is 278 g/mol. The van der Waals surface area contributed by atoms with Gasteiger partial charge in [0.1, 0.15) is 16.0 Å². The number of thiophene rings is 1. The summed E-state index contributed by atoms with van der Waals surface area (Å²) in [5, 5.41) is 1.62. The van der Waals surface area contributed by atoms with Crippen LogP contribution in [0.2, 0.25) is 5.15 Å². The zero-order chi connectivity index (χ0) is 12.2. The first kappa shape index (κ1) is 10.8. The molecular formula is C9H3ClF3N3S. The molecule has 3 nitrogen and oxygen atoms in total. The first-order valence-corrected chi connectivity index (χ1v) is 5.71. The largest absolute Gasteiger partial charge is 0.433 e. The molecule has 0 spiro atoms.